The van der Waals surface area contributed by atoms with E-state index in [0.717, 1.165) is 44.9 Å². The number of esters is 1. The number of allylic oxidation sites excluding steroid dienone is 2. The van der Waals surface area contributed by atoms with Crippen molar-refractivity contribution in [1.29, 1.82) is 0 Å². The van der Waals surface area contributed by atoms with Gasteiger partial charge >= 0.3 is 5.97 Å². The van der Waals surface area contributed by atoms with Crippen molar-refractivity contribution < 1.29 is 24.5 Å². The fourth-order valence-electron chi connectivity index (χ4n) is 11.2. The zero-order valence-electron chi connectivity index (χ0n) is 51.8. The standard InChI is InChI=1S/C70H137NO5/c1-3-5-7-9-11-13-15-17-19-21-30-34-38-42-46-50-54-58-62-68(73)67(66-72)71-69(74)63-59-55-51-47-43-39-35-31-28-26-24-23-25-27-29-33-37-41-45-49-53-57-61-65-76-70(75)64-60-56-52-48-44-40-36-32-22-20-18-16-14-12-10-8-6-4-2/h20,22,67-68,72-73H,3-19,21,23-66H2,1-2H3,(H,71,74)/b22-20-. The molecule has 0 aliphatic rings. The maximum Gasteiger partial charge on any atom is 0.305 e. The lowest BCUT2D eigenvalue weighted by molar-refractivity contribution is -0.143. The van der Waals surface area contributed by atoms with E-state index in [0.29, 0.717) is 25.9 Å². The topological polar surface area (TPSA) is 95.9 Å². The summed E-state index contributed by atoms with van der Waals surface area (Å²) in [5.41, 5.74) is 0. The first kappa shape index (κ1) is 74.6. The van der Waals surface area contributed by atoms with Crippen LogP contribution in [0.2, 0.25) is 0 Å². The third kappa shape index (κ3) is 61.8. The van der Waals surface area contributed by atoms with E-state index in [2.05, 4.69) is 31.3 Å². The quantitative estimate of drug-likeness (QED) is 0.0320. The van der Waals surface area contributed by atoms with Crippen LogP contribution >= 0.6 is 0 Å². The Hall–Kier alpha value is -1.40. The number of rotatable bonds is 66. The van der Waals surface area contributed by atoms with Gasteiger partial charge in [-0.1, -0.05) is 347 Å². The first-order valence-electron chi connectivity index (χ1n) is 34.9. The monoisotopic (exact) mass is 1070 g/mol. The fourth-order valence-corrected chi connectivity index (χ4v) is 11.2. The highest BCUT2D eigenvalue weighted by Gasteiger charge is 2.20. The van der Waals surface area contributed by atoms with Crippen molar-refractivity contribution in [2.24, 2.45) is 0 Å². The highest BCUT2D eigenvalue weighted by atomic mass is 16.5. The molecule has 1 amide bonds. The number of ether oxygens (including phenoxy) is 1. The molecule has 76 heavy (non-hydrogen) atoms. The van der Waals surface area contributed by atoms with Crippen LogP contribution in [0, 0.1) is 0 Å². The Labute approximate surface area is 476 Å². The summed E-state index contributed by atoms with van der Waals surface area (Å²) in [6.45, 7) is 4.99. The van der Waals surface area contributed by atoms with Crippen molar-refractivity contribution in [2.45, 2.75) is 411 Å². The van der Waals surface area contributed by atoms with Crippen LogP contribution < -0.4 is 5.32 Å². The molecule has 6 nitrogen and oxygen atoms in total. The van der Waals surface area contributed by atoms with Gasteiger partial charge in [0.15, 0.2) is 0 Å². The Bertz CT molecular complexity index is 1140. The second kappa shape index (κ2) is 66.1. The van der Waals surface area contributed by atoms with Crippen molar-refractivity contribution >= 4 is 11.9 Å². The smallest absolute Gasteiger partial charge is 0.305 e. The summed E-state index contributed by atoms with van der Waals surface area (Å²) in [5.74, 6) is -0.0176. The Kier molecular flexibility index (Phi) is 64.9. The van der Waals surface area contributed by atoms with Gasteiger partial charge in [-0.2, -0.15) is 0 Å². The SMILES string of the molecule is CCCCCCCCC/C=C\CCCCCCCCCC(=O)OCCCCCCCCCCCCCCCCCCCCCCCCCC(=O)NC(CO)C(O)CCCCCCCCCCCCCCCCCCCC. The van der Waals surface area contributed by atoms with Crippen LogP contribution in [0.4, 0.5) is 0 Å². The molecule has 0 bridgehead atoms. The molecule has 0 saturated carbocycles. The molecule has 452 valence electrons. The van der Waals surface area contributed by atoms with E-state index in [-0.39, 0.29) is 18.5 Å². The lowest BCUT2D eigenvalue weighted by Crippen LogP contribution is -2.45. The summed E-state index contributed by atoms with van der Waals surface area (Å²) < 4.78 is 5.50. The van der Waals surface area contributed by atoms with Gasteiger partial charge in [0.25, 0.3) is 0 Å². The number of unbranched alkanes of at least 4 members (excludes halogenated alkanes) is 53. The lowest BCUT2D eigenvalue weighted by atomic mass is 10.0. The zero-order valence-corrected chi connectivity index (χ0v) is 51.8. The predicted octanol–water partition coefficient (Wildman–Crippen LogP) is 22.4. The Morgan fingerprint density at radius 3 is 0.934 bits per heavy atom. The normalized spacial score (nSPS) is 12.5. The molecule has 0 aromatic heterocycles. The molecule has 0 rings (SSSR count). The Morgan fingerprint density at radius 1 is 0.355 bits per heavy atom. The molecule has 0 saturated heterocycles. The minimum Gasteiger partial charge on any atom is -0.466 e. The fraction of sp³-hybridized carbons (Fsp3) is 0.943. The number of aliphatic hydroxyl groups excluding tert-OH is 2. The van der Waals surface area contributed by atoms with E-state index < -0.39 is 12.1 Å². The van der Waals surface area contributed by atoms with Crippen LogP contribution in [0.25, 0.3) is 0 Å². The zero-order chi connectivity index (χ0) is 55.0. The number of amides is 1. The average Bonchev–Trinajstić information content (AvgIpc) is 3.42. The third-order valence-corrected chi connectivity index (χ3v) is 16.6. The van der Waals surface area contributed by atoms with Gasteiger partial charge in [0.2, 0.25) is 5.91 Å². The van der Waals surface area contributed by atoms with Crippen molar-refractivity contribution in [3.63, 3.8) is 0 Å². The first-order valence-corrected chi connectivity index (χ1v) is 34.9. The van der Waals surface area contributed by atoms with Crippen LogP contribution in [-0.2, 0) is 14.3 Å². The summed E-state index contributed by atoms with van der Waals surface area (Å²) >= 11 is 0. The minimum absolute atomic E-state index is 0.0127. The number of carbonyl (C=O) groups excluding carboxylic acids is 2. The average molecular weight is 1070 g/mol. The van der Waals surface area contributed by atoms with Crippen LogP contribution in [-0.4, -0.2) is 47.4 Å². The Morgan fingerprint density at radius 2 is 0.618 bits per heavy atom. The predicted molar refractivity (Wildman–Crippen MR) is 333 cm³/mol. The molecule has 0 spiro atoms. The van der Waals surface area contributed by atoms with E-state index in [4.69, 9.17) is 4.74 Å². The maximum absolute atomic E-state index is 12.5. The van der Waals surface area contributed by atoms with Crippen LogP contribution in [0.15, 0.2) is 12.2 Å². The molecule has 0 aromatic carbocycles. The molecule has 0 aliphatic heterocycles. The van der Waals surface area contributed by atoms with Gasteiger partial charge in [-0.15, -0.1) is 0 Å². The van der Waals surface area contributed by atoms with Crippen molar-refractivity contribution in [2.75, 3.05) is 13.2 Å². The summed E-state index contributed by atoms with van der Waals surface area (Å²) in [5, 5.41) is 23.4. The summed E-state index contributed by atoms with van der Waals surface area (Å²) in [4.78, 5) is 24.6. The van der Waals surface area contributed by atoms with Gasteiger partial charge in [-0.25, -0.2) is 0 Å². The van der Waals surface area contributed by atoms with Gasteiger partial charge in [0, 0.05) is 12.8 Å². The number of hydrogen-bond acceptors (Lipinski definition) is 5. The number of hydrogen-bond donors (Lipinski definition) is 3. The molecule has 0 radical (unpaired) electrons. The van der Waals surface area contributed by atoms with E-state index in [1.165, 1.54) is 321 Å². The van der Waals surface area contributed by atoms with Gasteiger partial charge < -0.3 is 20.3 Å². The molecule has 0 fully saturated rings. The van der Waals surface area contributed by atoms with Crippen LogP contribution in [0.3, 0.4) is 0 Å². The first-order chi connectivity index (χ1) is 37.5. The summed E-state index contributed by atoms with van der Waals surface area (Å²) in [6, 6.07) is -0.541. The molecular formula is C70H137NO5. The molecule has 2 unspecified atom stereocenters. The molecule has 0 aliphatic carbocycles. The summed E-state index contributed by atoms with van der Waals surface area (Å²) in [7, 11) is 0. The molecule has 3 N–H and O–H groups in total. The lowest BCUT2D eigenvalue weighted by Gasteiger charge is -2.22. The molecular weight excluding hydrogens is 935 g/mol. The molecule has 2 atom stereocenters. The maximum atomic E-state index is 12.5. The highest BCUT2D eigenvalue weighted by molar-refractivity contribution is 5.76. The van der Waals surface area contributed by atoms with Gasteiger partial charge in [0.1, 0.15) is 0 Å². The minimum atomic E-state index is -0.664. The third-order valence-electron chi connectivity index (χ3n) is 16.6. The van der Waals surface area contributed by atoms with Crippen LogP contribution in [0.1, 0.15) is 399 Å². The van der Waals surface area contributed by atoms with Crippen molar-refractivity contribution in [1.82, 2.24) is 5.32 Å². The van der Waals surface area contributed by atoms with Crippen molar-refractivity contribution in [3.8, 4) is 0 Å². The number of nitrogens with one attached hydrogen (secondary N) is 1. The largest absolute Gasteiger partial charge is 0.466 e. The number of carbonyl (C=O) groups is 2. The van der Waals surface area contributed by atoms with E-state index in [1.807, 2.05) is 0 Å². The number of aliphatic hydroxyl groups is 2. The van der Waals surface area contributed by atoms with E-state index >= 15 is 0 Å². The highest BCUT2D eigenvalue weighted by Crippen LogP contribution is 2.19. The molecule has 0 heterocycles. The molecule has 0 aromatic rings. The molecule has 6 heteroatoms. The van der Waals surface area contributed by atoms with Gasteiger partial charge in [0.05, 0.1) is 25.4 Å². The van der Waals surface area contributed by atoms with Gasteiger partial charge in [-0.3, -0.25) is 9.59 Å². The second-order valence-electron chi connectivity index (χ2n) is 24.2. The Balaban J connectivity index is 3.36. The summed E-state index contributed by atoms with van der Waals surface area (Å²) in [6.07, 6.45) is 81.1. The van der Waals surface area contributed by atoms with Crippen molar-refractivity contribution in [3.05, 3.63) is 12.2 Å². The second-order valence-corrected chi connectivity index (χ2v) is 24.2. The van der Waals surface area contributed by atoms with Crippen LogP contribution in [0.5, 0.6) is 0 Å². The van der Waals surface area contributed by atoms with E-state index in [9.17, 15) is 19.8 Å². The van der Waals surface area contributed by atoms with E-state index in [1.54, 1.807) is 0 Å². The van der Waals surface area contributed by atoms with Gasteiger partial charge in [-0.05, 0) is 51.4 Å².